The highest BCUT2D eigenvalue weighted by atomic mass is 79.9. The molecule has 4 nitrogen and oxygen atoms in total. The van der Waals surface area contributed by atoms with Crippen LogP contribution in [-0.2, 0) is 25.7 Å². The summed E-state index contributed by atoms with van der Waals surface area (Å²) in [5, 5.41) is 0. The van der Waals surface area contributed by atoms with Gasteiger partial charge in [0, 0.05) is 17.3 Å². The molecule has 0 aliphatic heterocycles. The van der Waals surface area contributed by atoms with E-state index in [0.717, 1.165) is 31.4 Å². The van der Waals surface area contributed by atoms with Crippen molar-refractivity contribution < 1.29 is 27.8 Å². The molecule has 0 N–H and O–H groups in total. The second kappa shape index (κ2) is 14.5. The molecule has 0 spiro atoms. The van der Waals surface area contributed by atoms with Gasteiger partial charge >= 0.3 is 11.9 Å². The van der Waals surface area contributed by atoms with Crippen LogP contribution < -0.4 is 0 Å². The molecule has 0 unspecified atom stereocenters. The third-order valence-electron chi connectivity index (χ3n) is 4.26. The van der Waals surface area contributed by atoms with Gasteiger partial charge in [0.2, 0.25) is 0 Å². The number of esters is 2. The van der Waals surface area contributed by atoms with E-state index in [1.165, 1.54) is 25.7 Å². The largest absolute Gasteiger partial charge is 0.466 e. The van der Waals surface area contributed by atoms with Gasteiger partial charge in [-0.2, -0.15) is 0 Å². The van der Waals surface area contributed by atoms with E-state index in [0.29, 0.717) is 6.61 Å². The van der Waals surface area contributed by atoms with Gasteiger partial charge < -0.3 is 9.47 Å². The molecule has 0 atom stereocenters. The number of unbranched alkanes of at least 4 members (excludes halogenated alkanes) is 6. The lowest BCUT2D eigenvalue weighted by Gasteiger charge is -2.08. The minimum absolute atomic E-state index is 0.00764. The Hall–Kier alpha value is -1.50. The maximum absolute atomic E-state index is 13.6. The number of carbonyl (C=O) groups excluding carboxylic acids is 2. The molecule has 1 aromatic carbocycles. The summed E-state index contributed by atoms with van der Waals surface area (Å²) >= 11 is 2.98. The van der Waals surface area contributed by atoms with E-state index in [1.807, 2.05) is 0 Å². The lowest BCUT2D eigenvalue weighted by atomic mass is 10.1. The van der Waals surface area contributed by atoms with E-state index < -0.39 is 24.2 Å². The molecule has 0 aromatic heterocycles. The molecule has 1 aromatic rings. The van der Waals surface area contributed by atoms with Crippen LogP contribution in [0.15, 0.2) is 16.6 Å². The van der Waals surface area contributed by atoms with E-state index in [1.54, 1.807) is 0 Å². The fourth-order valence-electron chi connectivity index (χ4n) is 2.63. The minimum atomic E-state index is -0.784. The molecule has 28 heavy (non-hydrogen) atoms. The average Bonchev–Trinajstić information content (AvgIpc) is 2.63. The first-order chi connectivity index (χ1) is 13.4. The zero-order valence-corrected chi connectivity index (χ0v) is 18.0. The van der Waals surface area contributed by atoms with Crippen LogP contribution in [0.4, 0.5) is 8.78 Å². The maximum Gasteiger partial charge on any atom is 0.306 e. The number of rotatable bonds is 14. The second-order valence-corrected chi connectivity index (χ2v) is 7.62. The zero-order valence-electron chi connectivity index (χ0n) is 16.4. The van der Waals surface area contributed by atoms with Crippen molar-refractivity contribution in [2.24, 2.45) is 0 Å². The second-order valence-electron chi connectivity index (χ2n) is 6.70. The summed E-state index contributed by atoms with van der Waals surface area (Å²) < 4.78 is 37.6. The Morgan fingerprint density at radius 2 is 1.39 bits per heavy atom. The van der Waals surface area contributed by atoms with Gasteiger partial charge in [0.05, 0.1) is 12.2 Å². The molecular weight excluding hydrogens is 434 g/mol. The monoisotopic (exact) mass is 462 g/mol. The van der Waals surface area contributed by atoms with Gasteiger partial charge in [-0.05, 0) is 25.0 Å². The van der Waals surface area contributed by atoms with Crippen molar-refractivity contribution in [3.05, 3.63) is 33.8 Å². The third kappa shape index (κ3) is 10.7. The summed E-state index contributed by atoms with van der Waals surface area (Å²) in [7, 11) is 0. The first-order valence-electron chi connectivity index (χ1n) is 9.88. The van der Waals surface area contributed by atoms with Crippen molar-refractivity contribution in [2.45, 2.75) is 77.7 Å². The number of halogens is 3. The zero-order chi connectivity index (χ0) is 20.8. The Balaban J connectivity index is 2.09. The van der Waals surface area contributed by atoms with Crippen molar-refractivity contribution in [1.29, 1.82) is 0 Å². The topological polar surface area (TPSA) is 52.6 Å². The summed E-state index contributed by atoms with van der Waals surface area (Å²) in [6.45, 7) is 2.10. The molecule has 1 rings (SSSR count). The van der Waals surface area contributed by atoms with Crippen LogP contribution in [0.5, 0.6) is 0 Å². The number of hydrogen-bond donors (Lipinski definition) is 0. The summed E-state index contributed by atoms with van der Waals surface area (Å²) in [5.41, 5.74) is -0.300. The van der Waals surface area contributed by atoms with E-state index in [4.69, 9.17) is 9.47 Å². The molecule has 0 amide bonds. The van der Waals surface area contributed by atoms with Gasteiger partial charge in [0.1, 0.15) is 18.2 Å². The molecule has 0 saturated carbocycles. The first kappa shape index (κ1) is 24.5. The van der Waals surface area contributed by atoms with Crippen molar-refractivity contribution in [2.75, 3.05) is 6.61 Å². The summed E-state index contributed by atoms with van der Waals surface area (Å²) in [6, 6.07) is 2.21. The predicted octanol–water partition coefficient (Wildman–Crippen LogP) is 6.23. The molecule has 0 saturated heterocycles. The van der Waals surface area contributed by atoms with E-state index >= 15 is 0 Å². The van der Waals surface area contributed by atoms with Gasteiger partial charge in [-0.15, -0.1) is 0 Å². The number of ether oxygens (including phenoxy) is 2. The lowest BCUT2D eigenvalue weighted by molar-refractivity contribution is -0.146. The van der Waals surface area contributed by atoms with Crippen molar-refractivity contribution >= 4 is 27.9 Å². The Labute approximate surface area is 174 Å². The smallest absolute Gasteiger partial charge is 0.306 e. The fourth-order valence-corrected chi connectivity index (χ4v) is 3.03. The molecule has 0 fully saturated rings. The Morgan fingerprint density at radius 1 is 0.857 bits per heavy atom. The van der Waals surface area contributed by atoms with Crippen LogP contribution in [0.1, 0.15) is 76.7 Å². The minimum Gasteiger partial charge on any atom is -0.466 e. The SMILES string of the molecule is CCCCCCCCCOC(=O)CCCC(=O)OCc1c(F)cc(Br)cc1F. The Kier molecular flexibility index (Phi) is 12.7. The van der Waals surface area contributed by atoms with Crippen LogP contribution in [0, 0.1) is 11.6 Å². The van der Waals surface area contributed by atoms with Crippen molar-refractivity contribution in [3.63, 3.8) is 0 Å². The standard InChI is InChI=1S/C21H29BrF2O4/c1-2-3-4-5-6-7-8-12-27-20(25)10-9-11-21(26)28-15-17-18(23)13-16(22)14-19(17)24/h13-14H,2-12,15H2,1H3. The highest BCUT2D eigenvalue weighted by molar-refractivity contribution is 9.10. The Bertz CT molecular complexity index is 599. The molecule has 0 aliphatic carbocycles. The van der Waals surface area contributed by atoms with Crippen LogP contribution in [0.2, 0.25) is 0 Å². The van der Waals surface area contributed by atoms with E-state index in [2.05, 4.69) is 22.9 Å². The summed E-state index contributed by atoms with van der Waals surface area (Å²) in [4.78, 5) is 23.3. The van der Waals surface area contributed by atoms with Crippen LogP contribution in [0.25, 0.3) is 0 Å². The van der Waals surface area contributed by atoms with E-state index in [-0.39, 0.29) is 35.3 Å². The lowest BCUT2D eigenvalue weighted by Crippen LogP contribution is -2.10. The number of carbonyl (C=O) groups is 2. The molecule has 0 heterocycles. The van der Waals surface area contributed by atoms with Crippen LogP contribution >= 0.6 is 15.9 Å². The normalized spacial score (nSPS) is 10.7. The fraction of sp³-hybridized carbons (Fsp3) is 0.619. The van der Waals surface area contributed by atoms with Crippen molar-refractivity contribution in [3.8, 4) is 0 Å². The highest BCUT2D eigenvalue weighted by Gasteiger charge is 2.13. The molecule has 0 radical (unpaired) electrons. The number of benzene rings is 1. The van der Waals surface area contributed by atoms with Crippen molar-refractivity contribution in [1.82, 2.24) is 0 Å². The van der Waals surface area contributed by atoms with Gasteiger partial charge in [-0.1, -0.05) is 61.4 Å². The molecule has 7 heteroatoms. The first-order valence-corrected chi connectivity index (χ1v) is 10.7. The van der Waals surface area contributed by atoms with E-state index in [9.17, 15) is 18.4 Å². The third-order valence-corrected chi connectivity index (χ3v) is 4.71. The molecular formula is C21H29BrF2O4. The quantitative estimate of drug-likeness (QED) is 0.242. The van der Waals surface area contributed by atoms with Gasteiger partial charge in [-0.25, -0.2) is 8.78 Å². The molecule has 0 bridgehead atoms. The van der Waals surface area contributed by atoms with Gasteiger partial charge in [0.15, 0.2) is 0 Å². The number of hydrogen-bond acceptors (Lipinski definition) is 4. The predicted molar refractivity (Wildman–Crippen MR) is 107 cm³/mol. The van der Waals surface area contributed by atoms with Crippen LogP contribution in [-0.4, -0.2) is 18.5 Å². The molecule has 158 valence electrons. The van der Waals surface area contributed by atoms with Gasteiger partial charge in [0.25, 0.3) is 0 Å². The van der Waals surface area contributed by atoms with Crippen LogP contribution in [0.3, 0.4) is 0 Å². The summed E-state index contributed by atoms with van der Waals surface area (Å²) in [6.07, 6.45) is 8.41. The highest BCUT2D eigenvalue weighted by Crippen LogP contribution is 2.20. The Morgan fingerprint density at radius 3 is 2.00 bits per heavy atom. The average molecular weight is 463 g/mol. The molecule has 0 aliphatic rings. The maximum atomic E-state index is 13.6. The summed E-state index contributed by atoms with van der Waals surface area (Å²) in [5.74, 6) is -2.52. The van der Waals surface area contributed by atoms with Gasteiger partial charge in [-0.3, -0.25) is 9.59 Å².